The third kappa shape index (κ3) is 3.55. The lowest BCUT2D eigenvalue weighted by atomic mass is 9.88. The summed E-state index contributed by atoms with van der Waals surface area (Å²) in [6.07, 6.45) is -3.81. The number of aromatic nitrogens is 1. The van der Waals surface area contributed by atoms with Crippen LogP contribution < -0.4 is 5.73 Å². The maximum Gasteiger partial charge on any atom is 0.394 e. The van der Waals surface area contributed by atoms with Crippen molar-refractivity contribution in [3.05, 3.63) is 16.1 Å². The van der Waals surface area contributed by atoms with Crippen molar-refractivity contribution < 1.29 is 18.0 Å². The Morgan fingerprint density at radius 3 is 2.68 bits per heavy atom. The van der Waals surface area contributed by atoms with Crippen LogP contribution in [0.5, 0.6) is 0 Å². The summed E-state index contributed by atoms with van der Waals surface area (Å²) in [7, 11) is 0. The van der Waals surface area contributed by atoms with E-state index in [0.29, 0.717) is 13.0 Å². The number of alkyl halides is 3. The fourth-order valence-corrected chi connectivity index (χ4v) is 3.59. The summed E-state index contributed by atoms with van der Waals surface area (Å²) in [6, 6.07) is 0. The van der Waals surface area contributed by atoms with Crippen LogP contribution in [0.3, 0.4) is 0 Å². The van der Waals surface area contributed by atoms with Crippen molar-refractivity contribution in [1.82, 2.24) is 9.88 Å². The lowest BCUT2D eigenvalue weighted by molar-refractivity contribution is -0.189. The quantitative estimate of drug-likeness (QED) is 0.904. The SMILES string of the molecule is CC1(C)C(C(F)(F)F)CCN1C(=O)c1csc(CCN)n1.Cl. The van der Waals surface area contributed by atoms with E-state index < -0.39 is 23.5 Å². The molecule has 0 aliphatic carbocycles. The number of carbonyl (C=O) groups is 1. The number of carbonyl (C=O) groups excluding carboxylic acids is 1. The largest absolute Gasteiger partial charge is 0.394 e. The van der Waals surface area contributed by atoms with Crippen molar-refractivity contribution in [2.45, 2.75) is 38.4 Å². The minimum Gasteiger partial charge on any atom is -0.332 e. The van der Waals surface area contributed by atoms with Crippen LogP contribution in [0.25, 0.3) is 0 Å². The van der Waals surface area contributed by atoms with Crippen LogP contribution in [0.15, 0.2) is 5.38 Å². The Morgan fingerprint density at radius 1 is 1.55 bits per heavy atom. The van der Waals surface area contributed by atoms with Crippen LogP contribution in [0.1, 0.15) is 35.8 Å². The van der Waals surface area contributed by atoms with E-state index in [1.807, 2.05) is 0 Å². The molecule has 1 aliphatic rings. The molecule has 1 aromatic heterocycles. The van der Waals surface area contributed by atoms with E-state index in [2.05, 4.69) is 4.98 Å². The Bertz CT molecular complexity index is 533. The van der Waals surface area contributed by atoms with Crippen molar-refractivity contribution in [1.29, 1.82) is 0 Å². The number of amides is 1. The number of likely N-dealkylation sites (tertiary alicyclic amines) is 1. The first-order valence-electron chi connectivity index (χ1n) is 6.71. The maximum atomic E-state index is 13.0. The second kappa shape index (κ2) is 6.72. The minimum absolute atomic E-state index is 0. The van der Waals surface area contributed by atoms with Gasteiger partial charge in [0.1, 0.15) is 5.69 Å². The Kier molecular flexibility index (Phi) is 5.86. The molecular weight excluding hydrogens is 339 g/mol. The highest BCUT2D eigenvalue weighted by atomic mass is 35.5. The molecule has 0 spiro atoms. The summed E-state index contributed by atoms with van der Waals surface area (Å²) < 4.78 is 39.1. The monoisotopic (exact) mass is 357 g/mol. The predicted molar refractivity (Wildman–Crippen MR) is 81.4 cm³/mol. The molecule has 2 rings (SSSR count). The Morgan fingerprint density at radius 2 is 2.18 bits per heavy atom. The minimum atomic E-state index is -4.30. The first-order valence-corrected chi connectivity index (χ1v) is 7.59. The van der Waals surface area contributed by atoms with Gasteiger partial charge < -0.3 is 10.6 Å². The lowest BCUT2D eigenvalue weighted by Crippen LogP contribution is -2.49. The molecule has 4 nitrogen and oxygen atoms in total. The van der Waals surface area contributed by atoms with Gasteiger partial charge in [-0.15, -0.1) is 23.7 Å². The second-order valence-corrected chi connectivity index (χ2v) is 6.60. The molecular formula is C13H19ClF3N3OS. The molecule has 1 atom stereocenters. The molecule has 1 fully saturated rings. The van der Waals surface area contributed by atoms with E-state index in [-0.39, 0.29) is 31.1 Å². The van der Waals surface area contributed by atoms with Gasteiger partial charge in [-0.2, -0.15) is 13.2 Å². The Balaban J connectivity index is 0.00000242. The van der Waals surface area contributed by atoms with Crippen LogP contribution in [0.2, 0.25) is 0 Å². The molecule has 0 bridgehead atoms. The zero-order valence-electron chi connectivity index (χ0n) is 12.3. The number of hydrogen-bond donors (Lipinski definition) is 1. The van der Waals surface area contributed by atoms with Gasteiger partial charge in [0.15, 0.2) is 0 Å². The first-order chi connectivity index (χ1) is 9.67. The first kappa shape index (κ1) is 19.2. The van der Waals surface area contributed by atoms with Gasteiger partial charge in [-0.3, -0.25) is 4.79 Å². The highest BCUT2D eigenvalue weighted by molar-refractivity contribution is 7.09. The fourth-order valence-electron chi connectivity index (χ4n) is 2.80. The van der Waals surface area contributed by atoms with Gasteiger partial charge in [-0.1, -0.05) is 0 Å². The fraction of sp³-hybridized carbons (Fsp3) is 0.692. The average molecular weight is 358 g/mol. The lowest BCUT2D eigenvalue weighted by Gasteiger charge is -2.36. The second-order valence-electron chi connectivity index (χ2n) is 5.66. The van der Waals surface area contributed by atoms with Crippen LogP contribution in [-0.4, -0.2) is 40.6 Å². The van der Waals surface area contributed by atoms with E-state index in [9.17, 15) is 18.0 Å². The third-order valence-electron chi connectivity index (χ3n) is 3.96. The molecule has 0 saturated carbocycles. The van der Waals surface area contributed by atoms with E-state index in [4.69, 9.17) is 5.73 Å². The summed E-state index contributed by atoms with van der Waals surface area (Å²) in [5, 5.41) is 2.31. The maximum absolute atomic E-state index is 13.0. The van der Waals surface area contributed by atoms with E-state index in [1.165, 1.54) is 30.1 Å². The van der Waals surface area contributed by atoms with Crippen molar-refractivity contribution >= 4 is 29.7 Å². The van der Waals surface area contributed by atoms with Crippen molar-refractivity contribution in [2.24, 2.45) is 11.7 Å². The van der Waals surface area contributed by atoms with Gasteiger partial charge in [0, 0.05) is 23.9 Å². The molecule has 2 heterocycles. The number of halogens is 4. The van der Waals surface area contributed by atoms with Crippen LogP contribution in [0, 0.1) is 5.92 Å². The zero-order chi connectivity index (χ0) is 15.8. The van der Waals surface area contributed by atoms with Gasteiger partial charge in [0.05, 0.1) is 10.9 Å². The number of hydrogen-bond acceptors (Lipinski definition) is 4. The molecule has 2 N–H and O–H groups in total. The van der Waals surface area contributed by atoms with Gasteiger partial charge in [-0.25, -0.2) is 4.98 Å². The molecule has 0 aromatic carbocycles. The van der Waals surface area contributed by atoms with Crippen molar-refractivity contribution in [2.75, 3.05) is 13.1 Å². The molecule has 9 heteroatoms. The molecule has 126 valence electrons. The molecule has 1 amide bonds. The summed E-state index contributed by atoms with van der Waals surface area (Å²) in [5.74, 6) is -1.94. The number of nitrogens with zero attached hydrogens (tertiary/aromatic N) is 2. The summed E-state index contributed by atoms with van der Waals surface area (Å²) >= 11 is 1.31. The molecule has 1 aromatic rings. The third-order valence-corrected chi connectivity index (χ3v) is 4.87. The molecule has 1 aliphatic heterocycles. The number of rotatable bonds is 3. The number of thiazole rings is 1. The van der Waals surface area contributed by atoms with E-state index in [1.54, 1.807) is 5.38 Å². The van der Waals surface area contributed by atoms with E-state index in [0.717, 1.165) is 5.01 Å². The Hall–Kier alpha value is -0.860. The van der Waals surface area contributed by atoms with Crippen molar-refractivity contribution in [3.8, 4) is 0 Å². The standard InChI is InChI=1S/C13H18F3N3OS.ClH/c1-12(2)9(13(14,15)16)4-6-19(12)11(20)8-7-21-10(18-8)3-5-17;/h7,9H,3-6,17H2,1-2H3;1H. The predicted octanol–water partition coefficient (Wildman–Crippen LogP) is 2.87. The smallest absolute Gasteiger partial charge is 0.332 e. The topological polar surface area (TPSA) is 59.2 Å². The van der Waals surface area contributed by atoms with Crippen molar-refractivity contribution in [3.63, 3.8) is 0 Å². The molecule has 0 radical (unpaired) electrons. The zero-order valence-corrected chi connectivity index (χ0v) is 13.9. The summed E-state index contributed by atoms with van der Waals surface area (Å²) in [6.45, 7) is 3.44. The van der Waals surface area contributed by atoms with Gasteiger partial charge in [0.25, 0.3) is 5.91 Å². The van der Waals surface area contributed by atoms with Crippen LogP contribution in [0.4, 0.5) is 13.2 Å². The Labute approximate surface area is 137 Å². The highest BCUT2D eigenvalue weighted by Crippen LogP contribution is 2.45. The number of nitrogens with two attached hydrogens (primary N) is 1. The molecule has 1 saturated heterocycles. The molecule has 22 heavy (non-hydrogen) atoms. The van der Waals surface area contributed by atoms with Gasteiger partial charge >= 0.3 is 6.18 Å². The summed E-state index contributed by atoms with van der Waals surface area (Å²) in [4.78, 5) is 17.9. The van der Waals surface area contributed by atoms with Crippen LogP contribution >= 0.6 is 23.7 Å². The average Bonchev–Trinajstić information content (AvgIpc) is 2.92. The highest BCUT2D eigenvalue weighted by Gasteiger charge is 2.56. The van der Waals surface area contributed by atoms with Gasteiger partial charge in [-0.05, 0) is 26.8 Å². The van der Waals surface area contributed by atoms with E-state index >= 15 is 0 Å². The summed E-state index contributed by atoms with van der Waals surface area (Å²) in [5.41, 5.74) is 4.37. The molecule has 1 unspecified atom stereocenters. The van der Waals surface area contributed by atoms with Gasteiger partial charge in [0.2, 0.25) is 0 Å². The normalized spacial score (nSPS) is 20.8. The van der Waals surface area contributed by atoms with Crippen LogP contribution in [-0.2, 0) is 6.42 Å².